The molecule has 0 aliphatic rings. The van der Waals surface area contributed by atoms with Gasteiger partial charge < -0.3 is 5.73 Å². The summed E-state index contributed by atoms with van der Waals surface area (Å²) in [6, 6.07) is 19.3. The molecule has 0 aromatic heterocycles. The molecule has 0 aliphatic carbocycles. The van der Waals surface area contributed by atoms with Crippen molar-refractivity contribution in [3.63, 3.8) is 0 Å². The summed E-state index contributed by atoms with van der Waals surface area (Å²) in [5, 5.41) is 0. The van der Waals surface area contributed by atoms with Gasteiger partial charge in [0, 0.05) is 16.7 Å². The first-order chi connectivity index (χ1) is 8.79. The lowest BCUT2D eigenvalue weighted by atomic mass is 10.1. The molecule has 1 nitrogen and oxygen atoms in total. The molecular formula is C16H19NS. The summed E-state index contributed by atoms with van der Waals surface area (Å²) in [7, 11) is 0. The average molecular weight is 257 g/mol. The molecule has 0 saturated carbocycles. The molecule has 18 heavy (non-hydrogen) atoms. The molecule has 2 N–H and O–H groups in total. The lowest BCUT2D eigenvalue weighted by molar-refractivity contribution is 0.698. The van der Waals surface area contributed by atoms with E-state index in [1.165, 1.54) is 16.0 Å². The van der Waals surface area contributed by atoms with Crippen LogP contribution in [0.4, 0.5) is 0 Å². The van der Waals surface area contributed by atoms with Crippen LogP contribution in [0.25, 0.3) is 0 Å². The first-order valence-electron chi connectivity index (χ1n) is 6.32. The Bertz CT molecular complexity index is 464. The second-order valence-corrected chi connectivity index (χ2v) is 5.41. The molecule has 0 radical (unpaired) electrons. The monoisotopic (exact) mass is 257 g/mol. The molecule has 94 valence electrons. The van der Waals surface area contributed by atoms with E-state index in [0.29, 0.717) is 0 Å². The van der Waals surface area contributed by atoms with Gasteiger partial charge in [-0.25, -0.2) is 0 Å². The van der Waals surface area contributed by atoms with Gasteiger partial charge in [0.1, 0.15) is 0 Å². The molecule has 2 aromatic carbocycles. The van der Waals surface area contributed by atoms with Crippen molar-refractivity contribution < 1.29 is 0 Å². The zero-order valence-electron chi connectivity index (χ0n) is 10.7. The maximum absolute atomic E-state index is 6.00. The lowest BCUT2D eigenvalue weighted by Crippen LogP contribution is -2.07. The third-order valence-electron chi connectivity index (χ3n) is 3.00. The average Bonchev–Trinajstić information content (AvgIpc) is 2.46. The van der Waals surface area contributed by atoms with Crippen LogP contribution in [0.5, 0.6) is 0 Å². The fraction of sp³-hybridized carbons (Fsp3) is 0.250. The zero-order chi connectivity index (χ0) is 12.8. The Kier molecular flexibility index (Phi) is 4.85. The molecule has 2 heteroatoms. The first-order valence-corrected chi connectivity index (χ1v) is 7.30. The third kappa shape index (κ3) is 3.62. The van der Waals surface area contributed by atoms with Crippen LogP contribution in [-0.2, 0) is 5.75 Å². The summed E-state index contributed by atoms with van der Waals surface area (Å²) in [6.45, 7) is 2.11. The van der Waals surface area contributed by atoms with Gasteiger partial charge >= 0.3 is 0 Å². The normalized spacial score (nSPS) is 12.3. The van der Waals surface area contributed by atoms with E-state index in [1.54, 1.807) is 0 Å². The summed E-state index contributed by atoms with van der Waals surface area (Å²) in [5.74, 6) is 1.01. The van der Waals surface area contributed by atoms with Gasteiger partial charge in [0.15, 0.2) is 0 Å². The van der Waals surface area contributed by atoms with E-state index >= 15 is 0 Å². The molecule has 0 saturated heterocycles. The van der Waals surface area contributed by atoms with Crippen molar-refractivity contribution in [2.75, 3.05) is 0 Å². The standard InChI is InChI=1S/C16H19NS/c1-2-16(17)14-8-10-15(11-9-14)18-12-13-6-4-3-5-7-13/h3-11,16H,2,12,17H2,1H3. The third-order valence-corrected chi connectivity index (χ3v) is 4.08. The molecule has 0 spiro atoms. The molecule has 0 aliphatic heterocycles. The Morgan fingerprint density at radius 2 is 1.67 bits per heavy atom. The van der Waals surface area contributed by atoms with Crippen molar-refractivity contribution in [2.24, 2.45) is 5.73 Å². The predicted molar refractivity (Wildman–Crippen MR) is 79.7 cm³/mol. The van der Waals surface area contributed by atoms with Crippen LogP contribution in [0.3, 0.4) is 0 Å². The second-order valence-electron chi connectivity index (χ2n) is 4.36. The molecule has 1 unspecified atom stereocenters. The van der Waals surface area contributed by atoms with Gasteiger partial charge in [-0.05, 0) is 29.7 Å². The molecule has 0 fully saturated rings. The Morgan fingerprint density at radius 1 is 1.00 bits per heavy atom. The van der Waals surface area contributed by atoms with Crippen LogP contribution in [0.2, 0.25) is 0 Å². The van der Waals surface area contributed by atoms with Gasteiger partial charge in [-0.1, -0.05) is 49.4 Å². The van der Waals surface area contributed by atoms with Crippen LogP contribution >= 0.6 is 11.8 Å². The van der Waals surface area contributed by atoms with E-state index in [1.807, 2.05) is 11.8 Å². The van der Waals surface area contributed by atoms with Gasteiger partial charge in [-0.3, -0.25) is 0 Å². The molecule has 0 bridgehead atoms. The summed E-state index contributed by atoms with van der Waals surface area (Å²) >= 11 is 1.86. The predicted octanol–water partition coefficient (Wildman–Crippen LogP) is 4.39. The lowest BCUT2D eigenvalue weighted by Gasteiger charge is -2.09. The molecule has 2 rings (SSSR count). The maximum Gasteiger partial charge on any atom is 0.0292 e. The van der Waals surface area contributed by atoms with Crippen molar-refractivity contribution in [3.05, 3.63) is 65.7 Å². The van der Waals surface area contributed by atoms with E-state index in [9.17, 15) is 0 Å². The quantitative estimate of drug-likeness (QED) is 0.804. The SMILES string of the molecule is CCC(N)c1ccc(SCc2ccccc2)cc1. The minimum Gasteiger partial charge on any atom is -0.324 e. The van der Waals surface area contributed by atoms with Gasteiger partial charge in [-0.15, -0.1) is 11.8 Å². The highest BCUT2D eigenvalue weighted by Crippen LogP contribution is 2.24. The first kappa shape index (κ1) is 13.2. The number of rotatable bonds is 5. The fourth-order valence-corrected chi connectivity index (χ4v) is 2.64. The van der Waals surface area contributed by atoms with Gasteiger partial charge in [0.25, 0.3) is 0 Å². The van der Waals surface area contributed by atoms with E-state index in [4.69, 9.17) is 5.73 Å². The van der Waals surface area contributed by atoms with Crippen LogP contribution in [0, 0.1) is 0 Å². The summed E-state index contributed by atoms with van der Waals surface area (Å²) in [4.78, 5) is 1.30. The van der Waals surface area contributed by atoms with Crippen LogP contribution < -0.4 is 5.73 Å². The van der Waals surface area contributed by atoms with Gasteiger partial charge in [0.05, 0.1) is 0 Å². The Labute approximate surface area is 113 Å². The Hall–Kier alpha value is -1.25. The van der Waals surface area contributed by atoms with Gasteiger partial charge in [-0.2, -0.15) is 0 Å². The van der Waals surface area contributed by atoms with Crippen LogP contribution in [0.15, 0.2) is 59.5 Å². The fourth-order valence-electron chi connectivity index (χ4n) is 1.79. The summed E-state index contributed by atoms with van der Waals surface area (Å²) in [6.07, 6.45) is 0.983. The van der Waals surface area contributed by atoms with E-state index in [0.717, 1.165) is 12.2 Å². The summed E-state index contributed by atoms with van der Waals surface area (Å²) < 4.78 is 0. The van der Waals surface area contributed by atoms with Crippen LogP contribution in [-0.4, -0.2) is 0 Å². The van der Waals surface area contributed by atoms with Crippen molar-refractivity contribution in [3.8, 4) is 0 Å². The van der Waals surface area contributed by atoms with Gasteiger partial charge in [0.2, 0.25) is 0 Å². The number of hydrogen-bond donors (Lipinski definition) is 1. The summed E-state index contributed by atoms with van der Waals surface area (Å²) in [5.41, 5.74) is 8.58. The molecule has 0 heterocycles. The minimum atomic E-state index is 0.165. The van der Waals surface area contributed by atoms with Crippen molar-refractivity contribution >= 4 is 11.8 Å². The molecule has 1 atom stereocenters. The van der Waals surface area contributed by atoms with E-state index < -0.39 is 0 Å². The van der Waals surface area contributed by atoms with Crippen LogP contribution in [0.1, 0.15) is 30.5 Å². The Balaban J connectivity index is 1.94. The molecular weight excluding hydrogens is 238 g/mol. The van der Waals surface area contributed by atoms with E-state index in [-0.39, 0.29) is 6.04 Å². The zero-order valence-corrected chi connectivity index (χ0v) is 11.5. The maximum atomic E-state index is 6.00. The van der Waals surface area contributed by atoms with Crippen molar-refractivity contribution in [1.29, 1.82) is 0 Å². The highest BCUT2D eigenvalue weighted by Gasteiger charge is 2.02. The van der Waals surface area contributed by atoms with E-state index in [2.05, 4.69) is 61.5 Å². The smallest absolute Gasteiger partial charge is 0.0292 e. The van der Waals surface area contributed by atoms with Crippen molar-refractivity contribution in [2.45, 2.75) is 30.0 Å². The molecule has 2 aromatic rings. The highest BCUT2D eigenvalue weighted by molar-refractivity contribution is 7.98. The second kappa shape index (κ2) is 6.62. The largest absolute Gasteiger partial charge is 0.324 e. The number of nitrogens with two attached hydrogens (primary N) is 1. The topological polar surface area (TPSA) is 26.0 Å². The number of thioether (sulfide) groups is 1. The highest BCUT2D eigenvalue weighted by atomic mass is 32.2. The minimum absolute atomic E-state index is 0.165. The number of benzene rings is 2. The molecule has 0 amide bonds. The number of hydrogen-bond acceptors (Lipinski definition) is 2. The van der Waals surface area contributed by atoms with Crippen molar-refractivity contribution in [1.82, 2.24) is 0 Å². The Morgan fingerprint density at radius 3 is 2.28 bits per heavy atom.